The molecule has 0 bridgehead atoms. The third kappa shape index (κ3) is 1.67. The zero-order valence-corrected chi connectivity index (χ0v) is 9.38. The van der Waals surface area contributed by atoms with E-state index < -0.39 is 5.97 Å². The lowest BCUT2D eigenvalue weighted by atomic mass is 10.1. The highest BCUT2D eigenvalue weighted by Gasteiger charge is 2.26. The lowest BCUT2D eigenvalue weighted by Gasteiger charge is -2.25. The molecular weight excluding hydrogens is 234 g/mol. The van der Waals surface area contributed by atoms with E-state index in [1.54, 1.807) is 6.20 Å². The Kier molecular flexibility index (Phi) is 2.40. The zero-order valence-electron chi connectivity index (χ0n) is 9.38. The summed E-state index contributed by atoms with van der Waals surface area (Å²) in [5.74, 6) is -1.15. The summed E-state index contributed by atoms with van der Waals surface area (Å²) >= 11 is 0. The Balaban J connectivity index is 1.89. The van der Waals surface area contributed by atoms with Crippen LogP contribution in [0.25, 0.3) is 0 Å². The molecule has 0 aromatic carbocycles. The summed E-state index contributed by atoms with van der Waals surface area (Å²) in [6, 6.07) is 5.68. The van der Waals surface area contributed by atoms with Crippen LogP contribution in [0.1, 0.15) is 22.3 Å². The van der Waals surface area contributed by atoms with Crippen molar-refractivity contribution in [1.82, 2.24) is 4.98 Å². The van der Waals surface area contributed by atoms with Crippen LogP contribution in [-0.4, -0.2) is 22.6 Å². The first kappa shape index (κ1) is 10.6. The van der Waals surface area contributed by atoms with Gasteiger partial charge in [-0.1, -0.05) is 6.07 Å². The lowest BCUT2D eigenvalue weighted by molar-refractivity contribution is 0.0664. The zero-order chi connectivity index (χ0) is 12.5. The van der Waals surface area contributed by atoms with Crippen LogP contribution in [-0.2, 0) is 0 Å². The normalized spacial score (nSPS) is 17.4. The lowest BCUT2D eigenvalue weighted by Crippen LogP contribution is -2.26. The molecule has 0 radical (unpaired) electrons. The van der Waals surface area contributed by atoms with E-state index in [2.05, 4.69) is 15.6 Å². The number of nitrogens with one attached hydrogen (secondary N) is 2. The number of carboxylic acids is 1. The first-order chi connectivity index (χ1) is 8.75. The highest BCUT2D eigenvalue weighted by Crippen LogP contribution is 2.35. The molecule has 3 heterocycles. The number of rotatable bonds is 2. The monoisotopic (exact) mass is 245 g/mol. The first-order valence-electron chi connectivity index (χ1n) is 5.52. The van der Waals surface area contributed by atoms with Crippen LogP contribution in [0.4, 0.5) is 11.4 Å². The number of furan rings is 1. The van der Waals surface area contributed by atoms with Gasteiger partial charge in [0, 0.05) is 12.7 Å². The SMILES string of the molecule is O=C(O)c1occ2c1NCC(c1ccccn1)N2. The maximum Gasteiger partial charge on any atom is 0.374 e. The summed E-state index contributed by atoms with van der Waals surface area (Å²) < 4.78 is 5.02. The molecule has 0 saturated heterocycles. The Bertz CT molecular complexity index is 580. The molecule has 0 spiro atoms. The summed E-state index contributed by atoms with van der Waals surface area (Å²) in [6.07, 6.45) is 3.13. The van der Waals surface area contributed by atoms with Gasteiger partial charge >= 0.3 is 5.97 Å². The Morgan fingerprint density at radius 1 is 1.50 bits per heavy atom. The second-order valence-corrected chi connectivity index (χ2v) is 3.99. The van der Waals surface area contributed by atoms with E-state index in [0.29, 0.717) is 17.9 Å². The number of carboxylic acid groups (broad SMARTS) is 1. The molecule has 6 nitrogen and oxygen atoms in total. The minimum absolute atomic E-state index is 0.00190. The van der Waals surface area contributed by atoms with Gasteiger partial charge in [0.25, 0.3) is 0 Å². The topological polar surface area (TPSA) is 87.4 Å². The van der Waals surface area contributed by atoms with Crippen LogP contribution in [0.3, 0.4) is 0 Å². The predicted molar refractivity (Wildman–Crippen MR) is 64.8 cm³/mol. The van der Waals surface area contributed by atoms with E-state index in [0.717, 1.165) is 5.69 Å². The van der Waals surface area contributed by atoms with E-state index in [1.165, 1.54) is 6.26 Å². The van der Waals surface area contributed by atoms with Gasteiger partial charge in [0.2, 0.25) is 5.76 Å². The maximum absolute atomic E-state index is 10.9. The molecule has 2 aromatic heterocycles. The van der Waals surface area contributed by atoms with Crippen LogP contribution in [0.5, 0.6) is 0 Å². The molecule has 1 unspecified atom stereocenters. The number of nitrogens with zero attached hydrogens (tertiary/aromatic N) is 1. The molecule has 0 amide bonds. The minimum atomic E-state index is -1.08. The molecule has 3 rings (SSSR count). The van der Waals surface area contributed by atoms with Crippen molar-refractivity contribution in [3.05, 3.63) is 42.1 Å². The van der Waals surface area contributed by atoms with Crippen molar-refractivity contribution in [2.75, 3.05) is 17.2 Å². The molecule has 1 aliphatic heterocycles. The van der Waals surface area contributed by atoms with Gasteiger partial charge in [0.05, 0.1) is 17.4 Å². The maximum atomic E-state index is 10.9. The van der Waals surface area contributed by atoms with E-state index in [1.807, 2.05) is 18.2 Å². The molecule has 18 heavy (non-hydrogen) atoms. The Morgan fingerprint density at radius 3 is 3.11 bits per heavy atom. The number of hydrogen-bond acceptors (Lipinski definition) is 5. The summed E-state index contributed by atoms with van der Waals surface area (Å²) in [7, 11) is 0. The van der Waals surface area contributed by atoms with Crippen molar-refractivity contribution in [3.8, 4) is 0 Å². The fourth-order valence-electron chi connectivity index (χ4n) is 2.00. The Morgan fingerprint density at radius 2 is 2.39 bits per heavy atom. The van der Waals surface area contributed by atoms with Crippen LogP contribution in [0.2, 0.25) is 0 Å². The highest BCUT2D eigenvalue weighted by atomic mass is 16.4. The summed E-state index contributed by atoms with van der Waals surface area (Å²) in [4.78, 5) is 15.2. The van der Waals surface area contributed by atoms with E-state index >= 15 is 0 Å². The number of carbonyl (C=O) groups is 1. The van der Waals surface area contributed by atoms with Crippen molar-refractivity contribution in [2.24, 2.45) is 0 Å². The molecule has 1 atom stereocenters. The van der Waals surface area contributed by atoms with Crippen LogP contribution >= 0.6 is 0 Å². The Labute approximate surface area is 103 Å². The molecule has 0 aliphatic carbocycles. The molecule has 6 heteroatoms. The van der Waals surface area contributed by atoms with Gasteiger partial charge in [-0.25, -0.2) is 4.79 Å². The van der Waals surface area contributed by atoms with Gasteiger partial charge in [0.1, 0.15) is 12.0 Å². The predicted octanol–water partition coefficient (Wildman–Crippen LogP) is 1.95. The van der Waals surface area contributed by atoms with Gasteiger partial charge in [-0.15, -0.1) is 0 Å². The second kappa shape index (κ2) is 4.06. The molecule has 2 aromatic rings. The van der Waals surface area contributed by atoms with Gasteiger partial charge in [-0.05, 0) is 12.1 Å². The van der Waals surface area contributed by atoms with Crippen LogP contribution < -0.4 is 10.6 Å². The molecule has 92 valence electrons. The quantitative estimate of drug-likeness (QED) is 0.749. The number of anilines is 2. The second-order valence-electron chi connectivity index (χ2n) is 3.99. The summed E-state index contributed by atoms with van der Waals surface area (Å²) in [5, 5.41) is 15.2. The Hall–Kier alpha value is -2.50. The summed E-state index contributed by atoms with van der Waals surface area (Å²) in [6.45, 7) is 0.559. The van der Waals surface area contributed by atoms with Gasteiger partial charge in [-0.2, -0.15) is 0 Å². The average Bonchev–Trinajstić information content (AvgIpc) is 2.82. The van der Waals surface area contributed by atoms with Crippen molar-refractivity contribution >= 4 is 17.3 Å². The number of hydrogen-bond donors (Lipinski definition) is 3. The van der Waals surface area contributed by atoms with Crippen LogP contribution in [0.15, 0.2) is 35.1 Å². The third-order valence-corrected chi connectivity index (χ3v) is 2.84. The van der Waals surface area contributed by atoms with Gasteiger partial charge < -0.3 is 20.2 Å². The fraction of sp³-hybridized carbons (Fsp3) is 0.167. The van der Waals surface area contributed by atoms with Crippen LogP contribution in [0, 0.1) is 0 Å². The number of pyridine rings is 1. The number of aromatic carboxylic acids is 1. The third-order valence-electron chi connectivity index (χ3n) is 2.84. The smallest absolute Gasteiger partial charge is 0.374 e. The van der Waals surface area contributed by atoms with Crippen molar-refractivity contribution in [1.29, 1.82) is 0 Å². The van der Waals surface area contributed by atoms with Crippen molar-refractivity contribution in [2.45, 2.75) is 6.04 Å². The molecule has 1 aliphatic rings. The summed E-state index contributed by atoms with van der Waals surface area (Å²) in [5.41, 5.74) is 2.04. The van der Waals surface area contributed by atoms with Crippen molar-refractivity contribution in [3.63, 3.8) is 0 Å². The van der Waals surface area contributed by atoms with Gasteiger partial charge in [-0.3, -0.25) is 4.98 Å². The highest BCUT2D eigenvalue weighted by molar-refractivity contribution is 5.95. The molecule has 3 N–H and O–H groups in total. The number of aromatic nitrogens is 1. The fourth-order valence-corrected chi connectivity index (χ4v) is 2.00. The molecule has 0 saturated carbocycles. The van der Waals surface area contributed by atoms with Crippen molar-refractivity contribution < 1.29 is 14.3 Å². The van der Waals surface area contributed by atoms with E-state index in [-0.39, 0.29) is 11.8 Å². The first-order valence-corrected chi connectivity index (χ1v) is 5.52. The number of fused-ring (bicyclic) bond motifs is 1. The molecule has 0 fully saturated rings. The standard InChI is InChI=1S/C12H11N3O3/c16-12(17)11-10-9(6-18-11)15-8(5-14-10)7-3-1-2-4-13-7/h1-4,6,8,14-15H,5H2,(H,16,17). The average molecular weight is 245 g/mol. The van der Waals surface area contributed by atoms with Gasteiger partial charge in [0.15, 0.2) is 0 Å². The van der Waals surface area contributed by atoms with E-state index in [9.17, 15) is 4.79 Å². The molecular formula is C12H11N3O3. The minimum Gasteiger partial charge on any atom is -0.475 e. The van der Waals surface area contributed by atoms with E-state index in [4.69, 9.17) is 9.52 Å². The largest absolute Gasteiger partial charge is 0.475 e.